The Morgan fingerprint density at radius 3 is 2.54 bits per heavy atom. The predicted molar refractivity (Wildman–Crippen MR) is 156 cm³/mol. The molecule has 0 spiro atoms. The van der Waals surface area contributed by atoms with Crippen molar-refractivity contribution in [3.05, 3.63) is 99.7 Å². The van der Waals surface area contributed by atoms with Crippen molar-refractivity contribution < 1.29 is 19.1 Å². The van der Waals surface area contributed by atoms with E-state index in [4.69, 9.17) is 32.7 Å². The lowest BCUT2D eigenvalue weighted by molar-refractivity contribution is -0.122. The van der Waals surface area contributed by atoms with Gasteiger partial charge in [0.25, 0.3) is 0 Å². The summed E-state index contributed by atoms with van der Waals surface area (Å²) in [6, 6.07) is 20.2. The van der Waals surface area contributed by atoms with Gasteiger partial charge in [-0.2, -0.15) is 0 Å². The number of para-hydroxylation sites is 1. The summed E-state index contributed by atoms with van der Waals surface area (Å²) < 4.78 is 11.2. The number of fused-ring (bicyclic) bond motifs is 1. The van der Waals surface area contributed by atoms with Gasteiger partial charge >= 0.3 is 0 Å². The molecule has 0 radical (unpaired) electrons. The molecule has 0 unspecified atom stereocenters. The maximum atomic E-state index is 12.8. The summed E-state index contributed by atoms with van der Waals surface area (Å²) in [7, 11) is 3.17. The first-order chi connectivity index (χ1) is 18.8. The Bertz CT molecular complexity index is 1540. The molecular formula is C30H27Cl2N3O4. The summed E-state index contributed by atoms with van der Waals surface area (Å²) in [6.07, 6.45) is 3.02. The van der Waals surface area contributed by atoms with E-state index in [0.717, 1.165) is 27.9 Å². The summed E-state index contributed by atoms with van der Waals surface area (Å²) in [5, 5.41) is 4.24. The van der Waals surface area contributed by atoms with Gasteiger partial charge in [-0.1, -0.05) is 53.5 Å². The number of ether oxygens (including phenoxy) is 2. The second-order valence-electron chi connectivity index (χ2n) is 8.71. The van der Waals surface area contributed by atoms with Gasteiger partial charge in [0.2, 0.25) is 11.8 Å². The van der Waals surface area contributed by atoms with Crippen LogP contribution in [0.15, 0.2) is 72.8 Å². The van der Waals surface area contributed by atoms with Crippen molar-refractivity contribution in [3.8, 4) is 11.5 Å². The molecule has 3 aromatic carbocycles. The van der Waals surface area contributed by atoms with Gasteiger partial charge < -0.3 is 19.7 Å². The fraction of sp³-hybridized carbons (Fsp3) is 0.167. The van der Waals surface area contributed by atoms with E-state index in [1.807, 2.05) is 49.4 Å². The van der Waals surface area contributed by atoms with Crippen LogP contribution in [0.25, 0.3) is 17.0 Å². The van der Waals surface area contributed by atoms with Crippen molar-refractivity contribution >= 4 is 57.7 Å². The van der Waals surface area contributed by atoms with Crippen LogP contribution < -0.4 is 19.7 Å². The number of rotatable bonds is 9. The van der Waals surface area contributed by atoms with Crippen LogP contribution in [-0.4, -0.2) is 37.5 Å². The minimum absolute atomic E-state index is 0.0785. The van der Waals surface area contributed by atoms with Crippen LogP contribution >= 0.6 is 23.2 Å². The van der Waals surface area contributed by atoms with E-state index in [1.54, 1.807) is 44.5 Å². The van der Waals surface area contributed by atoms with E-state index in [2.05, 4.69) is 10.3 Å². The molecule has 200 valence electrons. The van der Waals surface area contributed by atoms with Crippen LogP contribution in [0, 0.1) is 6.92 Å². The molecule has 1 aromatic heterocycles. The van der Waals surface area contributed by atoms with Crippen LogP contribution in [0.5, 0.6) is 11.5 Å². The zero-order chi connectivity index (χ0) is 27.9. The van der Waals surface area contributed by atoms with Crippen molar-refractivity contribution in [1.82, 2.24) is 10.3 Å². The molecule has 0 aliphatic rings. The third-order valence-electron chi connectivity index (χ3n) is 6.05. The zero-order valence-electron chi connectivity index (χ0n) is 21.7. The minimum atomic E-state index is -0.400. The number of benzene rings is 3. The van der Waals surface area contributed by atoms with Crippen LogP contribution in [0.4, 0.5) is 5.69 Å². The number of methoxy groups -OCH3 is 1. The van der Waals surface area contributed by atoms with Crippen molar-refractivity contribution in [3.63, 3.8) is 0 Å². The highest BCUT2D eigenvalue weighted by Gasteiger charge is 2.19. The van der Waals surface area contributed by atoms with Crippen molar-refractivity contribution in [2.75, 3.05) is 25.6 Å². The first kappa shape index (κ1) is 28.0. The maximum Gasteiger partial charge on any atom is 0.246 e. The Kier molecular flexibility index (Phi) is 9.07. The van der Waals surface area contributed by atoms with Gasteiger partial charge in [-0.25, -0.2) is 4.98 Å². The molecule has 4 rings (SSSR count). The lowest BCUT2D eigenvalue weighted by Gasteiger charge is -2.21. The summed E-state index contributed by atoms with van der Waals surface area (Å²) in [6.45, 7) is 1.78. The highest BCUT2D eigenvalue weighted by atomic mass is 35.5. The monoisotopic (exact) mass is 563 g/mol. The second-order valence-corrected chi connectivity index (χ2v) is 9.49. The fourth-order valence-electron chi connectivity index (χ4n) is 3.82. The molecule has 4 aromatic rings. The Balaban J connectivity index is 1.41. The molecule has 9 heteroatoms. The average Bonchev–Trinajstić information content (AvgIpc) is 2.94. The van der Waals surface area contributed by atoms with Gasteiger partial charge in [-0.15, -0.1) is 0 Å². The van der Waals surface area contributed by atoms with Crippen LogP contribution in [0.1, 0.15) is 16.8 Å². The fourth-order valence-corrected chi connectivity index (χ4v) is 4.43. The van der Waals surface area contributed by atoms with Gasteiger partial charge in [-0.3, -0.25) is 9.59 Å². The largest absolute Gasteiger partial charge is 0.497 e. The number of hydrogen-bond donors (Lipinski definition) is 1. The van der Waals surface area contributed by atoms with Gasteiger partial charge in [0.1, 0.15) is 23.6 Å². The highest BCUT2D eigenvalue weighted by molar-refractivity contribution is 6.38. The molecule has 0 aliphatic carbocycles. The maximum absolute atomic E-state index is 12.8. The van der Waals surface area contributed by atoms with Crippen molar-refractivity contribution in [2.24, 2.45) is 0 Å². The molecule has 1 N–H and O–H groups in total. The van der Waals surface area contributed by atoms with E-state index in [9.17, 15) is 9.59 Å². The number of anilines is 1. The van der Waals surface area contributed by atoms with Crippen molar-refractivity contribution in [2.45, 2.75) is 13.5 Å². The van der Waals surface area contributed by atoms with Crippen LogP contribution in [0.2, 0.25) is 10.0 Å². The van der Waals surface area contributed by atoms with E-state index < -0.39 is 5.91 Å². The number of likely N-dealkylation sites (N-methyl/N-ethyl adjacent to an activating group) is 1. The van der Waals surface area contributed by atoms with Crippen molar-refractivity contribution in [1.29, 1.82) is 0 Å². The molecule has 7 nitrogen and oxygen atoms in total. The highest BCUT2D eigenvalue weighted by Crippen LogP contribution is 2.35. The molecule has 0 aliphatic heterocycles. The van der Waals surface area contributed by atoms with E-state index in [1.165, 1.54) is 11.0 Å². The number of halogens is 2. The topological polar surface area (TPSA) is 80.8 Å². The normalized spacial score (nSPS) is 11.0. The number of aromatic nitrogens is 1. The molecule has 0 bridgehead atoms. The van der Waals surface area contributed by atoms with E-state index >= 15 is 0 Å². The van der Waals surface area contributed by atoms with Crippen LogP contribution in [0.3, 0.4) is 0 Å². The SMILES string of the molecule is COc1ccc(/C=C/C(=O)NCC(=O)N(C)c2ccc(Cl)c(COc3cccc4ccc(C)nc34)c2Cl)cc1. The molecule has 0 atom stereocenters. The Hall–Kier alpha value is -4.07. The molecule has 2 amide bonds. The Labute approximate surface area is 237 Å². The number of hydrogen-bond acceptors (Lipinski definition) is 5. The first-order valence-electron chi connectivity index (χ1n) is 12.1. The second kappa shape index (κ2) is 12.7. The van der Waals surface area contributed by atoms with E-state index in [0.29, 0.717) is 22.0 Å². The van der Waals surface area contributed by atoms with Gasteiger partial charge in [0, 0.05) is 34.8 Å². The number of carbonyl (C=O) groups is 2. The number of nitrogens with zero attached hydrogens (tertiary/aromatic N) is 2. The third-order valence-corrected chi connectivity index (χ3v) is 6.83. The summed E-state index contributed by atoms with van der Waals surface area (Å²) in [5.41, 5.74) is 3.42. The third kappa shape index (κ3) is 6.88. The van der Waals surface area contributed by atoms with Gasteiger partial charge in [0.15, 0.2) is 0 Å². The Morgan fingerprint density at radius 1 is 1.03 bits per heavy atom. The lowest BCUT2D eigenvalue weighted by Crippen LogP contribution is -2.37. The number of carbonyl (C=O) groups excluding carboxylic acids is 2. The number of amides is 2. The minimum Gasteiger partial charge on any atom is -0.497 e. The standard InChI is InChI=1S/C30H27Cl2N3O4/c1-19-7-11-21-5-4-6-26(30(21)34-19)39-18-23-24(31)14-15-25(29(23)32)35(2)28(37)17-33-27(36)16-10-20-8-12-22(38-3)13-9-20/h4-16H,17-18H2,1-3H3,(H,33,36)/b16-10+. The molecule has 0 saturated heterocycles. The molecule has 0 fully saturated rings. The zero-order valence-corrected chi connectivity index (χ0v) is 23.2. The molecule has 0 saturated carbocycles. The van der Waals surface area contributed by atoms with E-state index in [-0.39, 0.29) is 24.1 Å². The first-order valence-corrected chi connectivity index (χ1v) is 12.8. The molecule has 1 heterocycles. The summed E-state index contributed by atoms with van der Waals surface area (Å²) >= 11 is 13.1. The van der Waals surface area contributed by atoms with Gasteiger partial charge in [0.05, 0.1) is 24.4 Å². The number of pyridine rings is 1. The van der Waals surface area contributed by atoms with Crippen LogP contribution in [-0.2, 0) is 16.2 Å². The lowest BCUT2D eigenvalue weighted by atomic mass is 10.1. The Morgan fingerprint density at radius 2 is 1.79 bits per heavy atom. The quantitative estimate of drug-likeness (QED) is 0.244. The molecule has 39 heavy (non-hydrogen) atoms. The predicted octanol–water partition coefficient (Wildman–Crippen LogP) is 6.23. The number of aryl methyl sites for hydroxylation is 1. The summed E-state index contributed by atoms with van der Waals surface area (Å²) in [5.74, 6) is 0.568. The van der Waals surface area contributed by atoms with Gasteiger partial charge in [-0.05, 0) is 55.0 Å². The smallest absolute Gasteiger partial charge is 0.246 e. The summed E-state index contributed by atoms with van der Waals surface area (Å²) in [4.78, 5) is 31.0. The number of nitrogens with one attached hydrogen (secondary N) is 1. The average molecular weight is 564 g/mol. The molecular weight excluding hydrogens is 537 g/mol.